The highest BCUT2D eigenvalue weighted by Gasteiger charge is 2.19. The molecule has 0 aliphatic carbocycles. The summed E-state index contributed by atoms with van der Waals surface area (Å²) in [7, 11) is 3.60. The number of hydrogen-bond acceptors (Lipinski definition) is 6. The molecule has 0 radical (unpaired) electrons. The SMILES string of the molecule is COc1nc(CN=Cc2cn(C)c3ccccc23)nc(N(C(C)C)C(C)C)n1. The molecule has 7 nitrogen and oxygen atoms in total. The van der Waals surface area contributed by atoms with Crippen LogP contribution in [0.2, 0.25) is 0 Å². The Hall–Kier alpha value is -2.96. The van der Waals surface area contributed by atoms with E-state index in [2.05, 4.69) is 75.4 Å². The van der Waals surface area contributed by atoms with Crippen LogP contribution in [0.3, 0.4) is 0 Å². The van der Waals surface area contributed by atoms with Crippen LogP contribution in [0.25, 0.3) is 10.9 Å². The number of methoxy groups -OCH3 is 1. The van der Waals surface area contributed by atoms with Gasteiger partial charge in [-0.05, 0) is 33.8 Å². The number of ether oxygens (including phenoxy) is 1. The lowest BCUT2D eigenvalue weighted by atomic mass is 10.2. The molecule has 3 aromatic rings. The van der Waals surface area contributed by atoms with Gasteiger partial charge in [-0.3, -0.25) is 4.99 Å². The second kappa shape index (κ2) is 8.37. The summed E-state index contributed by atoms with van der Waals surface area (Å²) >= 11 is 0. The molecule has 0 spiro atoms. The van der Waals surface area contributed by atoms with E-state index in [0.717, 1.165) is 5.56 Å². The van der Waals surface area contributed by atoms with Crippen molar-refractivity contribution in [3.05, 3.63) is 41.9 Å². The fraction of sp³-hybridized carbons (Fsp3) is 0.429. The molecule has 0 aliphatic heterocycles. The molecule has 3 rings (SSSR count). The van der Waals surface area contributed by atoms with Gasteiger partial charge in [0.1, 0.15) is 0 Å². The van der Waals surface area contributed by atoms with Gasteiger partial charge in [0.05, 0.1) is 13.7 Å². The minimum atomic E-state index is 0.263. The first-order valence-corrected chi connectivity index (χ1v) is 9.52. The van der Waals surface area contributed by atoms with E-state index in [4.69, 9.17) is 4.74 Å². The molecule has 0 saturated heterocycles. The van der Waals surface area contributed by atoms with E-state index in [9.17, 15) is 0 Å². The third-order valence-electron chi connectivity index (χ3n) is 4.57. The van der Waals surface area contributed by atoms with Gasteiger partial charge in [0.25, 0.3) is 0 Å². The zero-order valence-corrected chi connectivity index (χ0v) is 17.4. The van der Waals surface area contributed by atoms with Gasteiger partial charge < -0.3 is 14.2 Å². The highest BCUT2D eigenvalue weighted by Crippen LogP contribution is 2.20. The lowest BCUT2D eigenvalue weighted by Gasteiger charge is -2.30. The maximum atomic E-state index is 5.29. The molecular weight excluding hydrogens is 352 g/mol. The van der Waals surface area contributed by atoms with Gasteiger partial charge in [0.15, 0.2) is 5.82 Å². The van der Waals surface area contributed by atoms with Crippen molar-refractivity contribution in [2.24, 2.45) is 12.0 Å². The first-order valence-electron chi connectivity index (χ1n) is 9.52. The molecule has 2 aromatic heterocycles. The topological polar surface area (TPSA) is 68.4 Å². The number of hydrogen-bond donors (Lipinski definition) is 0. The quantitative estimate of drug-likeness (QED) is 0.586. The summed E-state index contributed by atoms with van der Waals surface area (Å²) in [6.07, 6.45) is 3.95. The van der Waals surface area contributed by atoms with Gasteiger partial charge >= 0.3 is 6.01 Å². The summed E-state index contributed by atoms with van der Waals surface area (Å²) in [4.78, 5) is 20.1. The van der Waals surface area contributed by atoms with E-state index in [0.29, 0.717) is 24.3 Å². The molecule has 0 amide bonds. The number of aromatic nitrogens is 4. The van der Waals surface area contributed by atoms with Gasteiger partial charge in [0.2, 0.25) is 5.95 Å². The fourth-order valence-electron chi connectivity index (χ4n) is 3.42. The molecular formula is C21H28N6O. The normalized spacial score (nSPS) is 11.9. The predicted molar refractivity (Wildman–Crippen MR) is 113 cm³/mol. The number of aliphatic imine (C=N–C) groups is 1. The Morgan fingerprint density at radius 1 is 1.11 bits per heavy atom. The lowest BCUT2D eigenvalue weighted by Crippen LogP contribution is -2.38. The first-order chi connectivity index (χ1) is 13.4. The van der Waals surface area contributed by atoms with E-state index in [-0.39, 0.29) is 12.1 Å². The summed E-state index contributed by atoms with van der Waals surface area (Å²) in [6.45, 7) is 8.84. The van der Waals surface area contributed by atoms with Crippen molar-refractivity contribution in [2.75, 3.05) is 12.0 Å². The molecule has 0 bridgehead atoms. The third kappa shape index (κ3) is 4.13. The molecule has 0 fully saturated rings. The number of aryl methyl sites for hydroxylation is 1. The Bertz CT molecular complexity index is 968. The maximum Gasteiger partial charge on any atom is 0.321 e. The highest BCUT2D eigenvalue weighted by atomic mass is 16.5. The minimum absolute atomic E-state index is 0.263. The van der Waals surface area contributed by atoms with Crippen LogP contribution in [0.1, 0.15) is 39.1 Å². The van der Waals surface area contributed by atoms with E-state index in [1.165, 1.54) is 10.9 Å². The molecule has 0 unspecified atom stereocenters. The largest absolute Gasteiger partial charge is 0.467 e. The molecule has 0 saturated carbocycles. The second-order valence-electron chi connectivity index (χ2n) is 7.32. The van der Waals surface area contributed by atoms with Crippen LogP contribution >= 0.6 is 0 Å². The van der Waals surface area contributed by atoms with Crippen LogP contribution < -0.4 is 9.64 Å². The summed E-state index contributed by atoms with van der Waals surface area (Å²) in [5.74, 6) is 1.21. The van der Waals surface area contributed by atoms with Crippen molar-refractivity contribution in [2.45, 2.75) is 46.3 Å². The van der Waals surface area contributed by atoms with Crippen LogP contribution in [0, 0.1) is 0 Å². The number of nitrogens with zero attached hydrogens (tertiary/aromatic N) is 6. The van der Waals surface area contributed by atoms with Gasteiger partial charge in [-0.15, -0.1) is 0 Å². The van der Waals surface area contributed by atoms with Crippen LogP contribution in [-0.2, 0) is 13.6 Å². The number of benzene rings is 1. The van der Waals surface area contributed by atoms with Crippen molar-refractivity contribution < 1.29 is 4.74 Å². The van der Waals surface area contributed by atoms with E-state index in [1.807, 2.05) is 25.4 Å². The second-order valence-corrected chi connectivity index (χ2v) is 7.32. The predicted octanol–water partition coefficient (Wildman–Crippen LogP) is 3.61. The van der Waals surface area contributed by atoms with Gasteiger partial charge in [-0.2, -0.15) is 15.0 Å². The van der Waals surface area contributed by atoms with Crippen LogP contribution in [0.5, 0.6) is 6.01 Å². The van der Waals surface area contributed by atoms with Crippen molar-refractivity contribution in [1.29, 1.82) is 0 Å². The fourth-order valence-corrected chi connectivity index (χ4v) is 3.42. The summed E-state index contributed by atoms with van der Waals surface area (Å²) in [6, 6.07) is 9.11. The average molecular weight is 380 g/mol. The molecule has 2 heterocycles. The molecule has 148 valence electrons. The molecule has 0 N–H and O–H groups in total. The van der Waals surface area contributed by atoms with Crippen LogP contribution in [-0.4, -0.2) is 44.9 Å². The standard InChI is InChI=1S/C21H28N6O/c1-14(2)27(15(3)4)20-23-19(24-21(25-20)28-6)12-22-11-16-13-26(5)18-10-8-7-9-17(16)18/h7-11,13-15H,12H2,1-6H3. The Balaban J connectivity index is 1.87. The number of para-hydroxylation sites is 1. The van der Waals surface area contributed by atoms with Crippen molar-refractivity contribution in [3.8, 4) is 6.01 Å². The van der Waals surface area contributed by atoms with Gasteiger partial charge in [0, 0.05) is 48.0 Å². The number of rotatable bonds is 7. The summed E-state index contributed by atoms with van der Waals surface area (Å²) < 4.78 is 7.39. The maximum absolute atomic E-state index is 5.29. The monoisotopic (exact) mass is 380 g/mol. The molecule has 0 aliphatic rings. The number of anilines is 1. The summed E-state index contributed by atoms with van der Waals surface area (Å²) in [5.41, 5.74) is 2.25. The molecule has 1 aromatic carbocycles. The lowest BCUT2D eigenvalue weighted by molar-refractivity contribution is 0.374. The van der Waals surface area contributed by atoms with E-state index in [1.54, 1.807) is 7.11 Å². The Labute approximate surface area is 166 Å². The van der Waals surface area contributed by atoms with Gasteiger partial charge in [-0.25, -0.2) is 0 Å². The Kier molecular flexibility index (Phi) is 5.92. The summed E-state index contributed by atoms with van der Waals surface area (Å²) in [5, 5.41) is 1.17. The average Bonchev–Trinajstić information content (AvgIpc) is 2.97. The molecule has 7 heteroatoms. The van der Waals surface area contributed by atoms with Crippen molar-refractivity contribution in [1.82, 2.24) is 19.5 Å². The van der Waals surface area contributed by atoms with Crippen LogP contribution in [0.4, 0.5) is 5.95 Å². The highest BCUT2D eigenvalue weighted by molar-refractivity contribution is 5.99. The number of fused-ring (bicyclic) bond motifs is 1. The first kappa shape index (κ1) is 19.8. The van der Waals surface area contributed by atoms with E-state index < -0.39 is 0 Å². The Morgan fingerprint density at radius 3 is 2.50 bits per heavy atom. The zero-order chi connectivity index (χ0) is 20.3. The molecule has 28 heavy (non-hydrogen) atoms. The van der Waals surface area contributed by atoms with Crippen molar-refractivity contribution in [3.63, 3.8) is 0 Å². The smallest absolute Gasteiger partial charge is 0.321 e. The van der Waals surface area contributed by atoms with Crippen molar-refractivity contribution >= 4 is 23.1 Å². The minimum Gasteiger partial charge on any atom is -0.467 e. The molecule has 0 atom stereocenters. The third-order valence-corrected chi connectivity index (χ3v) is 4.57. The zero-order valence-electron chi connectivity index (χ0n) is 17.4. The van der Waals surface area contributed by atoms with E-state index >= 15 is 0 Å². The van der Waals surface area contributed by atoms with Gasteiger partial charge in [-0.1, -0.05) is 18.2 Å². The van der Waals surface area contributed by atoms with Crippen LogP contribution in [0.15, 0.2) is 35.5 Å². The Morgan fingerprint density at radius 2 is 1.82 bits per heavy atom.